The van der Waals surface area contributed by atoms with E-state index in [-0.39, 0.29) is 17.7 Å². The molecule has 2 unspecified atom stereocenters. The Morgan fingerprint density at radius 2 is 1.78 bits per heavy atom. The minimum absolute atomic E-state index is 0.114. The molecule has 1 aromatic carbocycles. The maximum absolute atomic E-state index is 14.9. The molecular formula is C27H29F2N5O2. The van der Waals surface area contributed by atoms with E-state index in [1.165, 1.54) is 12.1 Å². The average molecular weight is 494 g/mol. The number of hydrogen-bond acceptors (Lipinski definition) is 6. The molecule has 1 N–H and O–H groups in total. The van der Waals surface area contributed by atoms with Gasteiger partial charge in [-0.25, -0.2) is 8.78 Å². The lowest BCUT2D eigenvalue weighted by atomic mass is 9.72. The summed E-state index contributed by atoms with van der Waals surface area (Å²) in [4.78, 5) is 22.0. The summed E-state index contributed by atoms with van der Waals surface area (Å²) in [6.45, 7) is 5.22. The van der Waals surface area contributed by atoms with E-state index in [1.807, 2.05) is 30.9 Å². The van der Waals surface area contributed by atoms with Crippen LogP contribution < -0.4 is 4.90 Å². The lowest BCUT2D eigenvalue weighted by Crippen LogP contribution is -2.57. The Kier molecular flexibility index (Phi) is 6.42. The standard InChI is InChI=1S/C27H29F2N5O2/c1-17-13-34(14-18(2)27(17,36)24-6-3-4-10-30-24)26(35)22-16-33(25-7-5-11-31-32-25)15-21(22)20-9-8-19(28)12-23(20)29/h3-12,17-18,21-22,36H,13-16H2,1-2H3/t17?,18?,21-,22+,27?/m0/s1. The summed E-state index contributed by atoms with van der Waals surface area (Å²) in [6.07, 6.45) is 3.23. The lowest BCUT2D eigenvalue weighted by molar-refractivity contribution is -0.153. The number of anilines is 1. The fraction of sp³-hybridized carbons (Fsp3) is 0.407. The highest BCUT2D eigenvalue weighted by Gasteiger charge is 2.50. The molecule has 2 aromatic heterocycles. The number of amides is 1. The number of hydrogen-bond donors (Lipinski definition) is 1. The van der Waals surface area contributed by atoms with E-state index in [1.54, 1.807) is 35.5 Å². The Hall–Kier alpha value is -3.46. The van der Waals surface area contributed by atoms with Crippen molar-refractivity contribution in [2.45, 2.75) is 25.4 Å². The van der Waals surface area contributed by atoms with Crippen LogP contribution in [0.2, 0.25) is 0 Å². The SMILES string of the molecule is CC1CN(C(=O)[C@@H]2CN(c3cccnn3)C[C@H]2c2ccc(F)cc2F)CC(C)C1(O)c1ccccn1. The summed E-state index contributed by atoms with van der Waals surface area (Å²) in [7, 11) is 0. The molecule has 2 aliphatic heterocycles. The molecule has 0 aliphatic carbocycles. The number of pyridine rings is 1. The van der Waals surface area contributed by atoms with Gasteiger partial charge in [0, 0.05) is 62.4 Å². The zero-order valence-corrected chi connectivity index (χ0v) is 20.3. The lowest BCUT2D eigenvalue weighted by Gasteiger charge is -2.48. The summed E-state index contributed by atoms with van der Waals surface area (Å²) in [6, 6.07) is 12.5. The molecule has 7 nitrogen and oxygen atoms in total. The monoisotopic (exact) mass is 493 g/mol. The van der Waals surface area contributed by atoms with Crippen LogP contribution in [0.15, 0.2) is 60.9 Å². The third-order valence-corrected chi connectivity index (χ3v) is 7.76. The molecule has 0 radical (unpaired) electrons. The van der Waals surface area contributed by atoms with Crippen LogP contribution in [0.5, 0.6) is 0 Å². The second kappa shape index (κ2) is 9.54. The highest BCUT2D eigenvalue weighted by Crippen LogP contribution is 2.42. The molecule has 3 aromatic rings. The van der Waals surface area contributed by atoms with Crippen molar-refractivity contribution in [3.63, 3.8) is 0 Å². The van der Waals surface area contributed by atoms with Crippen LogP contribution in [0, 0.1) is 29.4 Å². The predicted octanol–water partition coefficient (Wildman–Crippen LogP) is 3.37. The Balaban J connectivity index is 1.43. The largest absolute Gasteiger partial charge is 0.383 e. The van der Waals surface area contributed by atoms with Gasteiger partial charge in [0.2, 0.25) is 5.91 Å². The molecule has 4 atom stereocenters. The number of rotatable bonds is 4. The van der Waals surface area contributed by atoms with Crippen molar-refractivity contribution in [1.29, 1.82) is 0 Å². The molecule has 2 saturated heterocycles. The zero-order chi connectivity index (χ0) is 25.4. The quantitative estimate of drug-likeness (QED) is 0.600. The second-order valence-corrected chi connectivity index (χ2v) is 9.95. The number of benzene rings is 1. The van der Waals surface area contributed by atoms with Gasteiger partial charge in [-0.15, -0.1) is 5.10 Å². The van der Waals surface area contributed by atoms with Gasteiger partial charge in [-0.1, -0.05) is 26.0 Å². The van der Waals surface area contributed by atoms with Crippen LogP contribution in [0.3, 0.4) is 0 Å². The number of aromatic nitrogens is 3. The van der Waals surface area contributed by atoms with Gasteiger partial charge in [0.25, 0.3) is 0 Å². The van der Waals surface area contributed by atoms with Crippen LogP contribution in [0.25, 0.3) is 0 Å². The fourth-order valence-corrected chi connectivity index (χ4v) is 5.84. The summed E-state index contributed by atoms with van der Waals surface area (Å²) >= 11 is 0. The number of halogens is 2. The average Bonchev–Trinajstić information content (AvgIpc) is 3.32. The molecular weight excluding hydrogens is 464 g/mol. The predicted molar refractivity (Wildman–Crippen MR) is 130 cm³/mol. The van der Waals surface area contributed by atoms with Gasteiger partial charge in [-0.05, 0) is 35.9 Å². The Bertz CT molecular complexity index is 1220. The Morgan fingerprint density at radius 1 is 1.00 bits per heavy atom. The first-order valence-corrected chi connectivity index (χ1v) is 12.2. The molecule has 2 fully saturated rings. The number of carbonyl (C=O) groups is 1. The Labute approximate surface area is 208 Å². The van der Waals surface area contributed by atoms with Crippen LogP contribution in [-0.2, 0) is 10.4 Å². The molecule has 9 heteroatoms. The van der Waals surface area contributed by atoms with Crippen molar-refractivity contribution >= 4 is 11.7 Å². The molecule has 4 heterocycles. The van der Waals surface area contributed by atoms with Gasteiger partial charge >= 0.3 is 0 Å². The van der Waals surface area contributed by atoms with Crippen molar-refractivity contribution in [2.24, 2.45) is 17.8 Å². The third kappa shape index (κ3) is 4.21. The van der Waals surface area contributed by atoms with Crippen LogP contribution in [-0.4, -0.2) is 57.3 Å². The smallest absolute Gasteiger partial charge is 0.228 e. The van der Waals surface area contributed by atoms with Gasteiger partial charge in [-0.2, -0.15) is 5.10 Å². The zero-order valence-electron chi connectivity index (χ0n) is 20.3. The molecule has 0 saturated carbocycles. The maximum Gasteiger partial charge on any atom is 0.228 e. The Morgan fingerprint density at radius 3 is 2.42 bits per heavy atom. The van der Waals surface area contributed by atoms with Gasteiger partial charge in [0.05, 0.1) is 11.6 Å². The summed E-state index contributed by atoms with van der Waals surface area (Å²) in [5.41, 5.74) is -0.260. The number of carbonyl (C=O) groups excluding carboxylic acids is 1. The van der Waals surface area contributed by atoms with Crippen molar-refractivity contribution in [3.8, 4) is 0 Å². The molecule has 5 rings (SSSR count). The van der Waals surface area contributed by atoms with E-state index in [2.05, 4.69) is 15.2 Å². The van der Waals surface area contributed by atoms with Crippen LogP contribution >= 0.6 is 0 Å². The van der Waals surface area contributed by atoms with Gasteiger partial charge in [0.15, 0.2) is 5.82 Å². The van der Waals surface area contributed by atoms with Gasteiger partial charge in [0.1, 0.15) is 17.2 Å². The van der Waals surface area contributed by atoms with E-state index in [4.69, 9.17) is 0 Å². The molecule has 0 spiro atoms. The summed E-state index contributed by atoms with van der Waals surface area (Å²) < 4.78 is 28.5. The van der Waals surface area contributed by atoms with Crippen LogP contribution in [0.1, 0.15) is 31.0 Å². The normalized spacial score (nSPS) is 28.4. The van der Waals surface area contributed by atoms with Crippen molar-refractivity contribution in [2.75, 3.05) is 31.1 Å². The maximum atomic E-state index is 14.9. The first-order valence-electron chi connectivity index (χ1n) is 12.2. The van der Waals surface area contributed by atoms with E-state index in [0.29, 0.717) is 43.3 Å². The van der Waals surface area contributed by atoms with Crippen molar-refractivity contribution in [3.05, 3.63) is 83.8 Å². The highest BCUT2D eigenvalue weighted by molar-refractivity contribution is 5.82. The van der Waals surface area contributed by atoms with Crippen LogP contribution in [0.4, 0.5) is 14.6 Å². The van der Waals surface area contributed by atoms with Crippen molar-refractivity contribution < 1.29 is 18.7 Å². The first-order chi connectivity index (χ1) is 17.3. The minimum Gasteiger partial charge on any atom is -0.383 e. The topological polar surface area (TPSA) is 82.5 Å². The molecule has 188 valence electrons. The molecule has 2 aliphatic rings. The second-order valence-electron chi connectivity index (χ2n) is 9.95. The molecule has 36 heavy (non-hydrogen) atoms. The van der Waals surface area contributed by atoms with E-state index in [0.717, 1.165) is 6.07 Å². The fourth-order valence-electron chi connectivity index (χ4n) is 5.84. The highest BCUT2D eigenvalue weighted by atomic mass is 19.1. The van der Waals surface area contributed by atoms with E-state index in [9.17, 15) is 18.7 Å². The number of aliphatic hydroxyl groups is 1. The van der Waals surface area contributed by atoms with Crippen molar-refractivity contribution in [1.82, 2.24) is 20.1 Å². The number of likely N-dealkylation sites (tertiary alicyclic amines) is 1. The number of piperidine rings is 1. The summed E-state index contributed by atoms with van der Waals surface area (Å²) in [5, 5.41) is 19.7. The first kappa shape index (κ1) is 24.2. The molecule has 1 amide bonds. The summed E-state index contributed by atoms with van der Waals surface area (Å²) in [5.74, 6) is -2.41. The van der Waals surface area contributed by atoms with Gasteiger partial charge < -0.3 is 14.9 Å². The molecule has 0 bridgehead atoms. The number of nitrogens with zero attached hydrogens (tertiary/aromatic N) is 5. The van der Waals surface area contributed by atoms with E-state index < -0.39 is 29.1 Å². The minimum atomic E-state index is -1.16. The van der Waals surface area contributed by atoms with E-state index >= 15 is 0 Å². The third-order valence-electron chi connectivity index (χ3n) is 7.76. The van der Waals surface area contributed by atoms with Gasteiger partial charge in [-0.3, -0.25) is 9.78 Å².